The molecule has 150 valence electrons. The van der Waals surface area contributed by atoms with Gasteiger partial charge in [-0.1, -0.05) is 33.1 Å². The van der Waals surface area contributed by atoms with Crippen molar-refractivity contribution in [3.63, 3.8) is 0 Å². The van der Waals surface area contributed by atoms with Crippen molar-refractivity contribution in [2.75, 3.05) is 14.2 Å². The summed E-state index contributed by atoms with van der Waals surface area (Å²) in [5, 5.41) is 6.49. The van der Waals surface area contributed by atoms with Crippen molar-refractivity contribution in [2.45, 2.75) is 89.4 Å². The molecule has 6 nitrogen and oxygen atoms in total. The SMILES string of the molecule is COC(=O)[C@@H](CC(=O)NC1CC(C)CCC1C)NC1CCCCC1OC. The molecule has 5 unspecified atom stereocenters. The molecule has 0 aromatic heterocycles. The van der Waals surface area contributed by atoms with E-state index in [-0.39, 0.29) is 36.5 Å². The van der Waals surface area contributed by atoms with Gasteiger partial charge in [-0.2, -0.15) is 0 Å². The number of carbonyl (C=O) groups excluding carboxylic acids is 2. The number of nitrogens with one attached hydrogen (secondary N) is 2. The van der Waals surface area contributed by atoms with E-state index in [2.05, 4.69) is 24.5 Å². The topological polar surface area (TPSA) is 76.7 Å². The number of esters is 1. The second-order valence-electron chi connectivity index (χ2n) is 8.18. The van der Waals surface area contributed by atoms with E-state index < -0.39 is 6.04 Å². The largest absolute Gasteiger partial charge is 0.468 e. The normalized spacial score (nSPS) is 33.3. The van der Waals surface area contributed by atoms with Gasteiger partial charge in [0.25, 0.3) is 0 Å². The number of amides is 1. The lowest BCUT2D eigenvalue weighted by molar-refractivity contribution is -0.145. The van der Waals surface area contributed by atoms with Crippen LogP contribution in [0.2, 0.25) is 0 Å². The third kappa shape index (κ3) is 5.95. The smallest absolute Gasteiger partial charge is 0.323 e. The van der Waals surface area contributed by atoms with Crippen LogP contribution in [0.4, 0.5) is 0 Å². The third-order valence-electron chi connectivity index (χ3n) is 6.10. The minimum atomic E-state index is -0.628. The predicted molar refractivity (Wildman–Crippen MR) is 101 cm³/mol. The van der Waals surface area contributed by atoms with E-state index in [1.54, 1.807) is 7.11 Å². The first-order chi connectivity index (χ1) is 12.4. The van der Waals surface area contributed by atoms with Gasteiger partial charge in [0.2, 0.25) is 5.91 Å². The van der Waals surface area contributed by atoms with E-state index in [9.17, 15) is 9.59 Å². The fourth-order valence-electron chi connectivity index (χ4n) is 4.37. The molecule has 0 aromatic carbocycles. The molecule has 2 saturated carbocycles. The minimum Gasteiger partial charge on any atom is -0.468 e. The molecule has 2 rings (SSSR count). The van der Waals surface area contributed by atoms with Gasteiger partial charge in [-0.05, 0) is 37.5 Å². The van der Waals surface area contributed by atoms with Crippen LogP contribution in [0.3, 0.4) is 0 Å². The Morgan fingerprint density at radius 1 is 1.04 bits per heavy atom. The van der Waals surface area contributed by atoms with Gasteiger partial charge in [-0.3, -0.25) is 14.9 Å². The maximum Gasteiger partial charge on any atom is 0.323 e. The van der Waals surface area contributed by atoms with E-state index in [1.807, 2.05) is 0 Å². The highest BCUT2D eigenvalue weighted by Gasteiger charge is 2.33. The molecule has 2 N–H and O–H groups in total. The third-order valence-corrected chi connectivity index (χ3v) is 6.10. The van der Waals surface area contributed by atoms with Crippen LogP contribution in [0.25, 0.3) is 0 Å². The Balaban J connectivity index is 1.93. The van der Waals surface area contributed by atoms with Crippen LogP contribution in [0.15, 0.2) is 0 Å². The summed E-state index contributed by atoms with van der Waals surface area (Å²) >= 11 is 0. The first kappa shape index (κ1) is 21.2. The molecule has 2 fully saturated rings. The molecule has 0 radical (unpaired) electrons. The van der Waals surface area contributed by atoms with Gasteiger partial charge in [0.15, 0.2) is 0 Å². The predicted octanol–water partition coefficient (Wildman–Crippen LogP) is 2.41. The second-order valence-corrected chi connectivity index (χ2v) is 8.18. The van der Waals surface area contributed by atoms with Crippen LogP contribution in [0.5, 0.6) is 0 Å². The van der Waals surface area contributed by atoms with Gasteiger partial charge in [-0.25, -0.2) is 0 Å². The van der Waals surface area contributed by atoms with Crippen LogP contribution in [-0.4, -0.2) is 50.3 Å². The Morgan fingerprint density at radius 3 is 2.46 bits per heavy atom. The van der Waals surface area contributed by atoms with Crippen LogP contribution < -0.4 is 10.6 Å². The molecule has 0 heterocycles. The molecule has 2 aliphatic rings. The number of hydrogen-bond acceptors (Lipinski definition) is 5. The minimum absolute atomic E-state index is 0.0800. The molecule has 0 bridgehead atoms. The summed E-state index contributed by atoms with van der Waals surface area (Å²) in [6.07, 6.45) is 7.74. The van der Waals surface area contributed by atoms with E-state index in [4.69, 9.17) is 9.47 Å². The van der Waals surface area contributed by atoms with Gasteiger partial charge in [0.1, 0.15) is 6.04 Å². The number of carbonyl (C=O) groups is 2. The molecule has 1 amide bonds. The average molecular weight is 369 g/mol. The summed E-state index contributed by atoms with van der Waals surface area (Å²) in [5.41, 5.74) is 0. The van der Waals surface area contributed by atoms with E-state index in [1.165, 1.54) is 13.5 Å². The van der Waals surface area contributed by atoms with Crippen molar-refractivity contribution >= 4 is 11.9 Å². The maximum absolute atomic E-state index is 12.6. The van der Waals surface area contributed by atoms with Crippen LogP contribution in [0.1, 0.15) is 65.2 Å². The van der Waals surface area contributed by atoms with E-state index >= 15 is 0 Å². The summed E-state index contributed by atoms with van der Waals surface area (Å²) < 4.78 is 10.5. The first-order valence-electron chi connectivity index (χ1n) is 10.1. The molecular weight excluding hydrogens is 332 g/mol. The zero-order valence-corrected chi connectivity index (χ0v) is 16.8. The van der Waals surface area contributed by atoms with E-state index in [0.29, 0.717) is 11.8 Å². The Hall–Kier alpha value is -1.14. The van der Waals surface area contributed by atoms with Gasteiger partial charge in [-0.15, -0.1) is 0 Å². The van der Waals surface area contributed by atoms with Gasteiger partial charge < -0.3 is 14.8 Å². The van der Waals surface area contributed by atoms with Crippen LogP contribution in [0, 0.1) is 11.8 Å². The molecule has 0 spiro atoms. The van der Waals surface area contributed by atoms with Crippen LogP contribution >= 0.6 is 0 Å². The molecule has 6 atom stereocenters. The standard InChI is InChI=1S/C20H36N2O4/c1-13-9-10-14(2)16(11-13)22-19(23)12-17(20(24)26-4)21-15-7-5-6-8-18(15)25-3/h13-18,21H,5-12H2,1-4H3,(H,22,23)/t13?,14?,15?,16?,17-,18?/m1/s1. The molecule has 0 saturated heterocycles. The fourth-order valence-corrected chi connectivity index (χ4v) is 4.37. The Kier molecular flexibility index (Phi) is 8.35. The number of ether oxygens (including phenoxy) is 2. The number of methoxy groups -OCH3 is 2. The number of hydrogen-bond donors (Lipinski definition) is 2. The fraction of sp³-hybridized carbons (Fsp3) is 0.900. The summed E-state index contributed by atoms with van der Waals surface area (Å²) in [4.78, 5) is 24.8. The lowest BCUT2D eigenvalue weighted by Gasteiger charge is -2.35. The zero-order chi connectivity index (χ0) is 19.1. The van der Waals surface area contributed by atoms with Crippen molar-refractivity contribution in [1.29, 1.82) is 0 Å². The highest BCUT2D eigenvalue weighted by atomic mass is 16.5. The van der Waals surface area contributed by atoms with E-state index in [0.717, 1.165) is 38.5 Å². The number of rotatable bonds is 7. The Labute approximate surface area is 157 Å². The van der Waals surface area contributed by atoms with Crippen molar-refractivity contribution in [2.24, 2.45) is 11.8 Å². The molecule has 0 aromatic rings. The van der Waals surface area contributed by atoms with Gasteiger partial charge in [0, 0.05) is 19.2 Å². The van der Waals surface area contributed by atoms with Crippen molar-refractivity contribution < 1.29 is 19.1 Å². The van der Waals surface area contributed by atoms with Crippen molar-refractivity contribution in [3.8, 4) is 0 Å². The average Bonchev–Trinajstić information content (AvgIpc) is 2.63. The molecular formula is C20H36N2O4. The molecule has 26 heavy (non-hydrogen) atoms. The summed E-state index contributed by atoms with van der Waals surface area (Å²) in [6, 6.07) is -0.345. The first-order valence-corrected chi connectivity index (χ1v) is 10.1. The Bertz CT molecular complexity index is 471. The maximum atomic E-state index is 12.6. The lowest BCUT2D eigenvalue weighted by Crippen LogP contribution is -2.53. The highest BCUT2D eigenvalue weighted by molar-refractivity contribution is 5.85. The molecule has 6 heteroatoms. The highest BCUT2D eigenvalue weighted by Crippen LogP contribution is 2.28. The van der Waals surface area contributed by atoms with Crippen molar-refractivity contribution in [1.82, 2.24) is 10.6 Å². The monoisotopic (exact) mass is 368 g/mol. The Morgan fingerprint density at radius 2 is 1.77 bits per heavy atom. The zero-order valence-electron chi connectivity index (χ0n) is 16.8. The molecule has 2 aliphatic carbocycles. The summed E-state index contributed by atoms with van der Waals surface area (Å²) in [7, 11) is 3.07. The van der Waals surface area contributed by atoms with Gasteiger partial charge >= 0.3 is 5.97 Å². The summed E-state index contributed by atoms with van der Waals surface area (Å²) in [6.45, 7) is 4.43. The lowest BCUT2D eigenvalue weighted by atomic mass is 9.80. The van der Waals surface area contributed by atoms with Gasteiger partial charge in [0.05, 0.1) is 19.6 Å². The second kappa shape index (κ2) is 10.3. The molecule has 0 aliphatic heterocycles. The summed E-state index contributed by atoms with van der Waals surface area (Å²) in [5.74, 6) is 0.654. The van der Waals surface area contributed by atoms with Crippen molar-refractivity contribution in [3.05, 3.63) is 0 Å². The quantitative estimate of drug-likeness (QED) is 0.675. The van der Waals surface area contributed by atoms with Crippen LogP contribution in [-0.2, 0) is 19.1 Å².